The van der Waals surface area contributed by atoms with Crippen molar-refractivity contribution in [3.05, 3.63) is 80.8 Å². The fourth-order valence-corrected chi connectivity index (χ4v) is 3.58. The van der Waals surface area contributed by atoms with Crippen LogP contribution in [0.2, 0.25) is 5.02 Å². The molecule has 2 aromatic carbocycles. The Morgan fingerprint density at radius 2 is 2.00 bits per heavy atom. The van der Waals surface area contributed by atoms with Crippen molar-refractivity contribution in [1.82, 2.24) is 9.55 Å². The van der Waals surface area contributed by atoms with E-state index in [1.54, 1.807) is 0 Å². The van der Waals surface area contributed by atoms with E-state index >= 15 is 0 Å². The van der Waals surface area contributed by atoms with E-state index in [2.05, 4.69) is 37.6 Å². The van der Waals surface area contributed by atoms with Crippen LogP contribution in [0.3, 0.4) is 0 Å². The molecular formula is C18H14BrClN4. The van der Waals surface area contributed by atoms with E-state index in [0.717, 1.165) is 38.5 Å². The fourth-order valence-electron chi connectivity index (χ4n) is 2.99. The molecule has 2 N–H and O–H groups in total. The maximum atomic E-state index is 6.43. The van der Waals surface area contributed by atoms with Crippen LogP contribution in [0.25, 0.3) is 5.69 Å². The molecule has 0 bridgehead atoms. The van der Waals surface area contributed by atoms with Gasteiger partial charge in [0.15, 0.2) is 0 Å². The highest BCUT2D eigenvalue weighted by atomic mass is 79.9. The topological polar surface area (TPSA) is 56.2 Å². The maximum Gasteiger partial charge on any atom is 0.135 e. The van der Waals surface area contributed by atoms with E-state index in [-0.39, 0.29) is 0 Å². The number of hydrogen-bond donors (Lipinski definition) is 1. The van der Waals surface area contributed by atoms with Crippen molar-refractivity contribution in [2.75, 3.05) is 0 Å². The summed E-state index contributed by atoms with van der Waals surface area (Å²) in [6, 6.07) is 13.9. The molecule has 4 rings (SSSR count). The van der Waals surface area contributed by atoms with Crippen LogP contribution in [-0.4, -0.2) is 15.3 Å². The summed E-state index contributed by atoms with van der Waals surface area (Å²) in [6.07, 6.45) is 1.82. The number of benzene rings is 2. The molecule has 0 saturated heterocycles. The van der Waals surface area contributed by atoms with E-state index in [4.69, 9.17) is 22.3 Å². The number of imidazole rings is 1. The normalized spacial score (nSPS) is 13.0. The van der Waals surface area contributed by atoms with Crippen molar-refractivity contribution in [3.8, 4) is 5.69 Å². The highest BCUT2D eigenvalue weighted by molar-refractivity contribution is 9.10. The minimum absolute atomic E-state index is 0.421. The molecule has 0 amide bonds. The Hall–Kier alpha value is -1.95. The fraction of sp³-hybridized carbons (Fsp3) is 0.111. The van der Waals surface area contributed by atoms with Crippen molar-refractivity contribution in [1.29, 1.82) is 0 Å². The maximum absolute atomic E-state index is 6.43. The number of aromatic nitrogens is 2. The number of nitrogens with two attached hydrogens (primary N) is 1. The van der Waals surface area contributed by atoms with Crippen molar-refractivity contribution >= 4 is 33.2 Å². The van der Waals surface area contributed by atoms with Crippen molar-refractivity contribution < 1.29 is 0 Å². The summed E-state index contributed by atoms with van der Waals surface area (Å²) in [5, 5.41) is 0.681. The molecule has 4 nitrogen and oxygen atoms in total. The Morgan fingerprint density at radius 1 is 1.17 bits per heavy atom. The molecular weight excluding hydrogens is 388 g/mol. The van der Waals surface area contributed by atoms with Gasteiger partial charge in [0.05, 0.1) is 29.8 Å². The smallest absolute Gasteiger partial charge is 0.135 e. The van der Waals surface area contributed by atoms with Crippen molar-refractivity contribution in [2.24, 2.45) is 10.7 Å². The molecule has 1 aliphatic rings. The van der Waals surface area contributed by atoms with Crippen LogP contribution in [0.4, 0.5) is 0 Å². The summed E-state index contributed by atoms with van der Waals surface area (Å²) in [6.45, 7) is 0.900. The first-order valence-corrected chi connectivity index (χ1v) is 8.71. The van der Waals surface area contributed by atoms with Gasteiger partial charge in [-0.05, 0) is 24.3 Å². The van der Waals surface area contributed by atoms with Crippen LogP contribution in [0.1, 0.15) is 22.6 Å². The molecule has 0 atom stereocenters. The van der Waals surface area contributed by atoms with Gasteiger partial charge in [0.2, 0.25) is 0 Å². The van der Waals surface area contributed by atoms with Crippen LogP contribution >= 0.6 is 27.5 Å². The lowest BCUT2D eigenvalue weighted by Gasteiger charge is -2.15. The molecule has 0 aliphatic carbocycles. The second-order valence-electron chi connectivity index (χ2n) is 5.51. The third-order valence-corrected chi connectivity index (χ3v) is 4.90. The molecule has 0 unspecified atom stereocenters. The zero-order valence-electron chi connectivity index (χ0n) is 12.7. The molecule has 0 spiro atoms. The number of fused-ring (bicyclic) bond motifs is 3. The van der Waals surface area contributed by atoms with Crippen LogP contribution in [0.15, 0.2) is 58.1 Å². The SMILES string of the molecule is NCc1cnc2n1-c1ccc(Br)cc1C(c1ccccc1Cl)=NC2. The largest absolute Gasteiger partial charge is 0.325 e. The number of halogens is 2. The first kappa shape index (κ1) is 15.6. The third kappa shape index (κ3) is 2.49. The van der Waals surface area contributed by atoms with Gasteiger partial charge in [-0.2, -0.15) is 0 Å². The molecule has 0 saturated carbocycles. The van der Waals surface area contributed by atoms with Crippen LogP contribution in [0.5, 0.6) is 0 Å². The number of rotatable bonds is 2. The predicted octanol–water partition coefficient (Wildman–Crippen LogP) is 4.10. The zero-order chi connectivity index (χ0) is 16.7. The third-order valence-electron chi connectivity index (χ3n) is 4.08. The Kier molecular flexibility index (Phi) is 4.00. The summed E-state index contributed by atoms with van der Waals surface area (Å²) >= 11 is 9.99. The van der Waals surface area contributed by atoms with Gasteiger partial charge >= 0.3 is 0 Å². The Bertz CT molecular complexity index is 961. The Balaban J connectivity index is 2.01. The molecule has 0 radical (unpaired) electrons. The average Bonchev–Trinajstić information content (AvgIpc) is 2.93. The first-order valence-electron chi connectivity index (χ1n) is 7.54. The minimum atomic E-state index is 0.421. The van der Waals surface area contributed by atoms with Gasteiger partial charge in [0.1, 0.15) is 5.82 Å². The summed E-state index contributed by atoms with van der Waals surface area (Å²) in [5.41, 5.74) is 10.7. The Morgan fingerprint density at radius 3 is 2.79 bits per heavy atom. The average molecular weight is 402 g/mol. The van der Waals surface area contributed by atoms with E-state index in [1.165, 1.54) is 0 Å². The summed E-state index contributed by atoms with van der Waals surface area (Å²) in [7, 11) is 0. The monoisotopic (exact) mass is 400 g/mol. The van der Waals surface area contributed by atoms with Gasteiger partial charge in [-0.25, -0.2) is 4.98 Å². The number of nitrogens with zero attached hydrogens (tertiary/aromatic N) is 3. The molecule has 3 aromatic rings. The second kappa shape index (κ2) is 6.16. The molecule has 1 aromatic heterocycles. The van der Waals surface area contributed by atoms with Crippen molar-refractivity contribution in [2.45, 2.75) is 13.1 Å². The quantitative estimate of drug-likeness (QED) is 0.703. The van der Waals surface area contributed by atoms with E-state index in [9.17, 15) is 0 Å². The second-order valence-corrected chi connectivity index (χ2v) is 6.83. The lowest BCUT2D eigenvalue weighted by atomic mass is 10.0. The van der Waals surface area contributed by atoms with E-state index in [0.29, 0.717) is 18.1 Å². The van der Waals surface area contributed by atoms with Gasteiger partial charge < -0.3 is 5.73 Å². The molecule has 1 aliphatic heterocycles. The summed E-state index contributed by atoms with van der Waals surface area (Å²) in [5.74, 6) is 0.876. The zero-order valence-corrected chi connectivity index (χ0v) is 15.0. The lowest BCUT2D eigenvalue weighted by Crippen LogP contribution is -2.11. The first-order chi connectivity index (χ1) is 11.7. The highest BCUT2D eigenvalue weighted by Gasteiger charge is 2.22. The molecule has 6 heteroatoms. The predicted molar refractivity (Wildman–Crippen MR) is 100.0 cm³/mol. The number of aliphatic imine (C=N–C) groups is 1. The molecule has 2 heterocycles. The lowest BCUT2D eigenvalue weighted by molar-refractivity contribution is 0.833. The Labute approximate surface area is 153 Å². The molecule has 0 fully saturated rings. The van der Waals surface area contributed by atoms with Gasteiger partial charge in [-0.1, -0.05) is 45.7 Å². The standard InChI is InChI=1S/C18H14BrClN4/c19-11-5-6-16-14(7-11)18(13-3-1-2-4-15(13)20)23-10-17-22-9-12(8-21)24(16)17/h1-7,9H,8,10,21H2. The van der Waals surface area contributed by atoms with Crippen molar-refractivity contribution in [3.63, 3.8) is 0 Å². The van der Waals surface area contributed by atoms with Crippen LogP contribution in [0, 0.1) is 0 Å². The highest BCUT2D eigenvalue weighted by Crippen LogP contribution is 2.30. The molecule has 120 valence electrons. The van der Waals surface area contributed by atoms with Gasteiger partial charge in [0.25, 0.3) is 0 Å². The van der Waals surface area contributed by atoms with Gasteiger partial charge in [-0.3, -0.25) is 9.56 Å². The minimum Gasteiger partial charge on any atom is -0.325 e. The summed E-state index contributed by atoms with van der Waals surface area (Å²) < 4.78 is 3.08. The van der Waals surface area contributed by atoms with Crippen LogP contribution in [-0.2, 0) is 13.1 Å². The summed E-state index contributed by atoms with van der Waals surface area (Å²) in [4.78, 5) is 9.30. The van der Waals surface area contributed by atoms with Gasteiger partial charge in [-0.15, -0.1) is 0 Å². The van der Waals surface area contributed by atoms with Crippen LogP contribution < -0.4 is 5.73 Å². The molecule has 24 heavy (non-hydrogen) atoms. The van der Waals surface area contributed by atoms with Gasteiger partial charge in [0, 0.05) is 27.2 Å². The van der Waals surface area contributed by atoms with E-state index < -0.39 is 0 Å². The van der Waals surface area contributed by atoms with E-state index in [1.807, 2.05) is 36.5 Å². The number of hydrogen-bond acceptors (Lipinski definition) is 3.